The smallest absolute Gasteiger partial charge is 0.274 e. The summed E-state index contributed by atoms with van der Waals surface area (Å²) in [7, 11) is 0. The van der Waals surface area contributed by atoms with Crippen molar-refractivity contribution < 1.29 is 9.53 Å². The normalized spacial score (nSPS) is 16.5. The van der Waals surface area contributed by atoms with Crippen molar-refractivity contribution in [2.75, 3.05) is 39.4 Å². The van der Waals surface area contributed by atoms with Gasteiger partial charge in [0.2, 0.25) is 0 Å². The van der Waals surface area contributed by atoms with Crippen molar-refractivity contribution in [3.05, 3.63) is 82.9 Å². The molecule has 0 saturated carbocycles. The summed E-state index contributed by atoms with van der Waals surface area (Å²) >= 11 is 0. The van der Waals surface area contributed by atoms with Crippen LogP contribution in [-0.4, -0.2) is 69.9 Å². The maximum absolute atomic E-state index is 13.4. The van der Waals surface area contributed by atoms with Gasteiger partial charge in [0.05, 0.1) is 25.5 Å². The number of nitrogens with zero attached hydrogens (tertiary/aromatic N) is 5. The van der Waals surface area contributed by atoms with E-state index < -0.39 is 0 Å². The van der Waals surface area contributed by atoms with E-state index in [-0.39, 0.29) is 5.91 Å². The van der Waals surface area contributed by atoms with Gasteiger partial charge in [0.15, 0.2) is 5.69 Å². The fraction of sp³-hybridized carbons (Fsp3) is 0.423. The number of hydrogen-bond acceptors (Lipinski definition) is 5. The first-order valence-electron chi connectivity index (χ1n) is 11.9. The molecule has 1 aromatic carbocycles. The Bertz CT molecular complexity index is 1060. The molecule has 2 aliphatic rings. The van der Waals surface area contributed by atoms with E-state index in [9.17, 15) is 4.79 Å². The largest absolute Gasteiger partial charge is 0.378 e. The second-order valence-corrected chi connectivity index (χ2v) is 8.77. The summed E-state index contributed by atoms with van der Waals surface area (Å²) in [6, 6.07) is 16.6. The molecule has 4 heterocycles. The van der Waals surface area contributed by atoms with E-state index in [2.05, 4.69) is 40.2 Å². The Balaban J connectivity index is 1.34. The summed E-state index contributed by atoms with van der Waals surface area (Å²) in [5.74, 6) is 0.0282. The monoisotopic (exact) mass is 445 g/mol. The van der Waals surface area contributed by atoms with Gasteiger partial charge in [0.1, 0.15) is 0 Å². The zero-order chi connectivity index (χ0) is 22.5. The van der Waals surface area contributed by atoms with Crippen molar-refractivity contribution in [3.8, 4) is 0 Å². The Hall–Kier alpha value is -3.03. The summed E-state index contributed by atoms with van der Waals surface area (Å²) < 4.78 is 7.45. The van der Waals surface area contributed by atoms with Crippen molar-refractivity contribution in [1.29, 1.82) is 0 Å². The molecule has 172 valence electrons. The first-order chi connectivity index (χ1) is 16.3. The topological polar surface area (TPSA) is 63.5 Å². The number of carbonyl (C=O) groups is 1. The van der Waals surface area contributed by atoms with Crippen LogP contribution in [0, 0.1) is 0 Å². The minimum atomic E-state index is 0.0282. The molecule has 3 aromatic rings. The molecule has 7 heteroatoms. The second kappa shape index (κ2) is 10.3. The number of ether oxygens (including phenoxy) is 1. The Kier molecular flexibility index (Phi) is 6.79. The standard InChI is InChI=1S/C26H31N5O2/c32-26(30-15-17-33-18-16-30)25-23-20-29(13-6-9-21-7-2-1-3-8-21)14-11-24(23)31(28-25)19-22-10-4-5-12-27-22/h1-5,7-8,10,12H,6,9,11,13-20H2. The predicted octanol–water partition coefficient (Wildman–Crippen LogP) is 2.79. The second-order valence-electron chi connectivity index (χ2n) is 8.77. The first-order valence-corrected chi connectivity index (χ1v) is 11.9. The molecule has 5 rings (SSSR count). The third-order valence-corrected chi connectivity index (χ3v) is 6.53. The van der Waals surface area contributed by atoms with Crippen LogP contribution in [0.5, 0.6) is 0 Å². The summed E-state index contributed by atoms with van der Waals surface area (Å²) in [5.41, 5.74) is 5.21. The van der Waals surface area contributed by atoms with Gasteiger partial charge in [0.25, 0.3) is 5.91 Å². The molecule has 0 unspecified atom stereocenters. The highest BCUT2D eigenvalue weighted by Crippen LogP contribution is 2.25. The highest BCUT2D eigenvalue weighted by molar-refractivity contribution is 5.94. The number of hydrogen-bond donors (Lipinski definition) is 0. The van der Waals surface area contributed by atoms with E-state index in [0.29, 0.717) is 38.5 Å². The predicted molar refractivity (Wildman–Crippen MR) is 126 cm³/mol. The van der Waals surface area contributed by atoms with Gasteiger partial charge in [-0.1, -0.05) is 36.4 Å². The van der Waals surface area contributed by atoms with Gasteiger partial charge in [-0.15, -0.1) is 0 Å². The molecule has 0 aliphatic carbocycles. The van der Waals surface area contributed by atoms with E-state index in [1.165, 1.54) is 11.3 Å². The molecule has 0 bridgehead atoms. The van der Waals surface area contributed by atoms with E-state index in [0.717, 1.165) is 50.2 Å². The van der Waals surface area contributed by atoms with Crippen LogP contribution in [0.3, 0.4) is 0 Å². The molecule has 2 aromatic heterocycles. The minimum Gasteiger partial charge on any atom is -0.378 e. The maximum atomic E-state index is 13.4. The van der Waals surface area contributed by atoms with Crippen LogP contribution in [0.2, 0.25) is 0 Å². The third-order valence-electron chi connectivity index (χ3n) is 6.53. The lowest BCUT2D eigenvalue weighted by molar-refractivity contribution is 0.0297. The fourth-order valence-electron chi connectivity index (χ4n) is 4.75. The summed E-state index contributed by atoms with van der Waals surface area (Å²) in [4.78, 5) is 22.2. The minimum absolute atomic E-state index is 0.0282. The number of pyridine rings is 1. The Morgan fingerprint density at radius 3 is 2.61 bits per heavy atom. The molecule has 1 amide bonds. The van der Waals surface area contributed by atoms with Crippen LogP contribution >= 0.6 is 0 Å². The molecule has 0 spiro atoms. The molecule has 1 fully saturated rings. The van der Waals surface area contributed by atoms with Gasteiger partial charge in [-0.05, 0) is 37.1 Å². The van der Waals surface area contributed by atoms with Gasteiger partial charge in [-0.25, -0.2) is 0 Å². The van der Waals surface area contributed by atoms with Gasteiger partial charge < -0.3 is 9.64 Å². The quantitative estimate of drug-likeness (QED) is 0.560. The molecular weight excluding hydrogens is 414 g/mol. The zero-order valence-corrected chi connectivity index (χ0v) is 19.0. The Morgan fingerprint density at radius 1 is 1.00 bits per heavy atom. The number of morpholine rings is 1. The van der Waals surface area contributed by atoms with Gasteiger partial charge in [-0.2, -0.15) is 5.10 Å². The number of fused-ring (bicyclic) bond motifs is 1. The lowest BCUT2D eigenvalue weighted by Crippen LogP contribution is -2.41. The Morgan fingerprint density at radius 2 is 1.82 bits per heavy atom. The summed E-state index contributed by atoms with van der Waals surface area (Å²) in [6.45, 7) is 5.81. The van der Waals surface area contributed by atoms with E-state index in [1.807, 2.05) is 27.8 Å². The number of amides is 1. The van der Waals surface area contributed by atoms with E-state index in [4.69, 9.17) is 9.84 Å². The summed E-state index contributed by atoms with van der Waals surface area (Å²) in [5, 5.41) is 4.84. The van der Waals surface area contributed by atoms with Gasteiger partial charge >= 0.3 is 0 Å². The first kappa shape index (κ1) is 21.8. The van der Waals surface area contributed by atoms with Crippen LogP contribution < -0.4 is 0 Å². The lowest BCUT2D eigenvalue weighted by atomic mass is 10.0. The number of carbonyl (C=O) groups excluding carboxylic acids is 1. The zero-order valence-electron chi connectivity index (χ0n) is 19.0. The molecule has 0 atom stereocenters. The van der Waals surface area contributed by atoms with Crippen LogP contribution in [0.4, 0.5) is 0 Å². The lowest BCUT2D eigenvalue weighted by Gasteiger charge is -2.29. The van der Waals surface area contributed by atoms with E-state index in [1.54, 1.807) is 6.20 Å². The van der Waals surface area contributed by atoms with Crippen molar-refractivity contribution in [1.82, 2.24) is 24.6 Å². The molecule has 2 aliphatic heterocycles. The fourth-order valence-corrected chi connectivity index (χ4v) is 4.75. The van der Waals surface area contributed by atoms with Crippen LogP contribution in [0.25, 0.3) is 0 Å². The number of rotatable bonds is 7. The van der Waals surface area contributed by atoms with Crippen LogP contribution in [-0.2, 0) is 30.7 Å². The molecular formula is C26H31N5O2. The van der Waals surface area contributed by atoms with Crippen molar-refractivity contribution in [2.45, 2.75) is 32.4 Å². The number of aromatic nitrogens is 3. The average molecular weight is 446 g/mol. The maximum Gasteiger partial charge on any atom is 0.274 e. The van der Waals surface area contributed by atoms with Crippen molar-refractivity contribution in [3.63, 3.8) is 0 Å². The highest BCUT2D eigenvalue weighted by atomic mass is 16.5. The van der Waals surface area contributed by atoms with Gasteiger partial charge in [0, 0.05) is 50.1 Å². The van der Waals surface area contributed by atoms with E-state index >= 15 is 0 Å². The number of benzene rings is 1. The van der Waals surface area contributed by atoms with Crippen LogP contribution in [0.15, 0.2) is 54.7 Å². The van der Waals surface area contributed by atoms with Crippen molar-refractivity contribution >= 4 is 5.91 Å². The highest BCUT2D eigenvalue weighted by Gasteiger charge is 2.31. The van der Waals surface area contributed by atoms with Crippen molar-refractivity contribution in [2.24, 2.45) is 0 Å². The number of aryl methyl sites for hydroxylation is 1. The van der Waals surface area contributed by atoms with Crippen LogP contribution in [0.1, 0.15) is 39.4 Å². The molecule has 33 heavy (non-hydrogen) atoms. The Labute approximate surface area is 195 Å². The molecule has 7 nitrogen and oxygen atoms in total. The SMILES string of the molecule is O=C(c1nn(Cc2ccccn2)c2c1CN(CCCc1ccccc1)CC2)N1CCOCC1. The van der Waals surface area contributed by atoms with Gasteiger partial charge in [-0.3, -0.25) is 19.4 Å². The summed E-state index contributed by atoms with van der Waals surface area (Å²) in [6.07, 6.45) is 4.88. The third kappa shape index (κ3) is 5.15. The molecule has 0 radical (unpaired) electrons. The molecule has 0 N–H and O–H groups in total. The molecule has 1 saturated heterocycles. The average Bonchev–Trinajstić information content (AvgIpc) is 3.23.